The van der Waals surface area contributed by atoms with E-state index in [2.05, 4.69) is 18.4 Å². The van der Waals surface area contributed by atoms with Crippen molar-refractivity contribution < 1.29 is 13.2 Å². The van der Waals surface area contributed by atoms with Gasteiger partial charge in [-0.1, -0.05) is 6.92 Å². The Morgan fingerprint density at radius 1 is 1.10 bits per heavy atom. The lowest BCUT2D eigenvalue weighted by molar-refractivity contribution is -0.138. The molecule has 4 rings (SSSR count). The second-order valence-corrected chi connectivity index (χ2v) is 10.5. The largest absolute Gasteiger partial charge is 0.348 e. The first-order chi connectivity index (χ1) is 13.9. The number of benzene rings is 1. The van der Waals surface area contributed by atoms with Gasteiger partial charge >= 0.3 is 0 Å². The highest BCUT2D eigenvalue weighted by Crippen LogP contribution is 2.28. The van der Waals surface area contributed by atoms with Gasteiger partial charge in [-0.2, -0.15) is 4.31 Å². The standard InChI is InChI=1S/C22H31N3O3S/c1-3-23-14-10-18-15-20(6-7-21(18)23)29(27,28)25-11-4-5-19(16-25)22(26)24-12-8-17(2)9-13-24/h6-7,10,14-15,17,19H,3-5,8-9,11-13,16H2,1-2H3/t19-/m1/s1. The van der Waals surface area contributed by atoms with Crippen LogP contribution in [0.2, 0.25) is 0 Å². The molecule has 2 fully saturated rings. The molecular formula is C22H31N3O3S. The number of piperidine rings is 2. The highest BCUT2D eigenvalue weighted by molar-refractivity contribution is 7.89. The zero-order valence-electron chi connectivity index (χ0n) is 17.4. The number of carbonyl (C=O) groups is 1. The molecule has 0 radical (unpaired) electrons. The molecule has 6 nitrogen and oxygen atoms in total. The Balaban J connectivity index is 1.51. The lowest BCUT2D eigenvalue weighted by atomic mass is 9.94. The molecule has 2 aliphatic rings. The van der Waals surface area contributed by atoms with Crippen molar-refractivity contribution in [3.05, 3.63) is 30.5 Å². The second-order valence-electron chi connectivity index (χ2n) is 8.53. The SMILES string of the molecule is CCn1ccc2cc(S(=O)(=O)N3CCC[C@@H](C(=O)N4CCC(C)CC4)C3)ccc21. The van der Waals surface area contributed by atoms with E-state index in [4.69, 9.17) is 0 Å². The number of hydrogen-bond donors (Lipinski definition) is 0. The molecule has 158 valence electrons. The maximum absolute atomic E-state index is 13.3. The summed E-state index contributed by atoms with van der Waals surface area (Å²) in [5.74, 6) is 0.573. The van der Waals surface area contributed by atoms with Crippen LogP contribution >= 0.6 is 0 Å². The van der Waals surface area contributed by atoms with E-state index in [0.717, 1.165) is 56.2 Å². The summed E-state index contributed by atoms with van der Waals surface area (Å²) >= 11 is 0. The first kappa shape index (κ1) is 20.4. The van der Waals surface area contributed by atoms with E-state index in [1.165, 1.54) is 4.31 Å². The van der Waals surface area contributed by atoms with Gasteiger partial charge in [0.2, 0.25) is 15.9 Å². The molecule has 1 amide bonds. The van der Waals surface area contributed by atoms with Crippen LogP contribution in [0.25, 0.3) is 10.9 Å². The zero-order chi connectivity index (χ0) is 20.6. The third kappa shape index (κ3) is 3.94. The average Bonchev–Trinajstić information content (AvgIpc) is 3.16. The molecule has 0 spiro atoms. The van der Waals surface area contributed by atoms with Gasteiger partial charge < -0.3 is 9.47 Å². The van der Waals surface area contributed by atoms with Crippen LogP contribution in [-0.2, 0) is 21.4 Å². The van der Waals surface area contributed by atoms with Crippen molar-refractivity contribution in [1.82, 2.24) is 13.8 Å². The van der Waals surface area contributed by atoms with Crippen LogP contribution in [0, 0.1) is 11.8 Å². The predicted molar refractivity (Wildman–Crippen MR) is 114 cm³/mol. The number of aromatic nitrogens is 1. The molecule has 1 aromatic carbocycles. The molecule has 3 heterocycles. The van der Waals surface area contributed by atoms with Gasteiger partial charge in [0.05, 0.1) is 10.8 Å². The molecule has 2 saturated heterocycles. The highest BCUT2D eigenvalue weighted by atomic mass is 32.2. The summed E-state index contributed by atoms with van der Waals surface area (Å²) in [6, 6.07) is 7.29. The monoisotopic (exact) mass is 417 g/mol. The Labute approximate surface area is 173 Å². The smallest absolute Gasteiger partial charge is 0.243 e. The first-order valence-electron chi connectivity index (χ1n) is 10.8. The zero-order valence-corrected chi connectivity index (χ0v) is 18.2. The number of nitrogens with zero attached hydrogens (tertiary/aromatic N) is 3. The van der Waals surface area contributed by atoms with Gasteiger partial charge in [-0.3, -0.25) is 4.79 Å². The number of hydrogen-bond acceptors (Lipinski definition) is 3. The lowest BCUT2D eigenvalue weighted by Crippen LogP contribution is -2.48. The minimum Gasteiger partial charge on any atom is -0.348 e. The molecule has 2 aliphatic heterocycles. The predicted octanol–water partition coefficient (Wildman–Crippen LogP) is 3.32. The maximum atomic E-state index is 13.3. The molecular weight excluding hydrogens is 386 g/mol. The Morgan fingerprint density at radius 2 is 1.86 bits per heavy atom. The van der Waals surface area contributed by atoms with Crippen molar-refractivity contribution in [3.63, 3.8) is 0 Å². The summed E-state index contributed by atoms with van der Waals surface area (Å²) in [6.07, 6.45) is 5.57. The maximum Gasteiger partial charge on any atom is 0.243 e. The average molecular weight is 418 g/mol. The minimum atomic E-state index is -3.60. The van der Waals surface area contributed by atoms with Crippen LogP contribution in [-0.4, -0.2) is 54.3 Å². The molecule has 0 saturated carbocycles. The van der Waals surface area contributed by atoms with Gasteiger partial charge in [-0.15, -0.1) is 0 Å². The van der Waals surface area contributed by atoms with E-state index in [-0.39, 0.29) is 11.8 Å². The summed E-state index contributed by atoms with van der Waals surface area (Å²) in [6.45, 7) is 7.52. The Kier molecular flexibility index (Phi) is 5.71. The van der Waals surface area contributed by atoms with Gasteiger partial charge in [0.1, 0.15) is 0 Å². The van der Waals surface area contributed by atoms with Crippen LogP contribution in [0.5, 0.6) is 0 Å². The van der Waals surface area contributed by atoms with Crippen molar-refractivity contribution in [2.24, 2.45) is 11.8 Å². The van der Waals surface area contributed by atoms with E-state index in [1.54, 1.807) is 12.1 Å². The Hall–Kier alpha value is -1.86. The van der Waals surface area contributed by atoms with Crippen LogP contribution < -0.4 is 0 Å². The molecule has 0 N–H and O–H groups in total. The van der Waals surface area contributed by atoms with E-state index >= 15 is 0 Å². The molecule has 0 bridgehead atoms. The molecule has 29 heavy (non-hydrogen) atoms. The molecule has 1 aromatic heterocycles. The third-order valence-electron chi connectivity index (χ3n) is 6.55. The number of rotatable bonds is 4. The van der Waals surface area contributed by atoms with Gasteiger partial charge in [-0.25, -0.2) is 8.42 Å². The number of aryl methyl sites for hydroxylation is 1. The van der Waals surface area contributed by atoms with Crippen LogP contribution in [0.4, 0.5) is 0 Å². The van der Waals surface area contributed by atoms with Crippen molar-refractivity contribution in [1.29, 1.82) is 0 Å². The molecule has 7 heteroatoms. The van der Waals surface area contributed by atoms with Gasteiger partial charge in [0.15, 0.2) is 0 Å². The molecule has 0 unspecified atom stereocenters. The summed E-state index contributed by atoms with van der Waals surface area (Å²) in [5.41, 5.74) is 1.04. The topological polar surface area (TPSA) is 62.6 Å². The van der Waals surface area contributed by atoms with Crippen LogP contribution in [0.15, 0.2) is 35.4 Å². The fourth-order valence-electron chi connectivity index (χ4n) is 4.61. The second kappa shape index (κ2) is 8.11. The van der Waals surface area contributed by atoms with Gasteiger partial charge in [0.25, 0.3) is 0 Å². The number of amides is 1. The number of fused-ring (bicyclic) bond motifs is 1. The quantitative estimate of drug-likeness (QED) is 0.767. The summed E-state index contributed by atoms with van der Waals surface area (Å²) in [7, 11) is -3.60. The fourth-order valence-corrected chi connectivity index (χ4v) is 6.17. The number of likely N-dealkylation sites (tertiary alicyclic amines) is 1. The fraction of sp³-hybridized carbons (Fsp3) is 0.591. The normalized spacial score (nSPS) is 22.3. The number of carbonyl (C=O) groups excluding carboxylic acids is 1. The molecule has 1 atom stereocenters. The summed E-state index contributed by atoms with van der Waals surface area (Å²) < 4.78 is 30.2. The lowest BCUT2D eigenvalue weighted by Gasteiger charge is -2.36. The van der Waals surface area contributed by atoms with E-state index in [0.29, 0.717) is 23.9 Å². The van der Waals surface area contributed by atoms with Crippen molar-refractivity contribution in [2.45, 2.75) is 51.0 Å². The third-order valence-corrected chi connectivity index (χ3v) is 8.41. The van der Waals surface area contributed by atoms with Crippen LogP contribution in [0.3, 0.4) is 0 Å². The summed E-state index contributed by atoms with van der Waals surface area (Å²) in [5, 5.41) is 0.931. The van der Waals surface area contributed by atoms with E-state index < -0.39 is 10.0 Å². The van der Waals surface area contributed by atoms with Crippen LogP contribution in [0.1, 0.15) is 39.5 Å². The Morgan fingerprint density at radius 3 is 2.59 bits per heavy atom. The van der Waals surface area contributed by atoms with E-state index in [9.17, 15) is 13.2 Å². The minimum absolute atomic E-state index is 0.132. The van der Waals surface area contributed by atoms with Gasteiger partial charge in [0, 0.05) is 49.8 Å². The van der Waals surface area contributed by atoms with Crippen molar-refractivity contribution in [2.75, 3.05) is 26.2 Å². The molecule has 2 aromatic rings. The van der Waals surface area contributed by atoms with Gasteiger partial charge in [-0.05, 0) is 62.8 Å². The van der Waals surface area contributed by atoms with Crippen molar-refractivity contribution in [3.8, 4) is 0 Å². The first-order valence-corrected chi connectivity index (χ1v) is 12.2. The Bertz CT molecular complexity index is 990. The van der Waals surface area contributed by atoms with Crippen molar-refractivity contribution >= 4 is 26.8 Å². The summed E-state index contributed by atoms with van der Waals surface area (Å²) in [4.78, 5) is 15.2. The molecule has 0 aliphatic carbocycles. The highest BCUT2D eigenvalue weighted by Gasteiger charge is 2.35. The number of sulfonamides is 1. The van der Waals surface area contributed by atoms with E-state index in [1.807, 2.05) is 23.2 Å².